The van der Waals surface area contributed by atoms with E-state index in [0.29, 0.717) is 11.7 Å². The van der Waals surface area contributed by atoms with Gasteiger partial charge in [0.15, 0.2) is 6.73 Å². The molecule has 1 heterocycles. The summed E-state index contributed by atoms with van der Waals surface area (Å²) in [6.45, 7) is 6.59. The van der Waals surface area contributed by atoms with Gasteiger partial charge >= 0.3 is 12.1 Å². The Morgan fingerprint density at radius 1 is 1.20 bits per heavy atom. The molecular formula is C23H27NO4S2. The van der Waals surface area contributed by atoms with Crippen molar-refractivity contribution in [3.63, 3.8) is 0 Å². The van der Waals surface area contributed by atoms with Gasteiger partial charge in [-0.2, -0.15) is 0 Å². The van der Waals surface area contributed by atoms with Crippen LogP contribution < -0.4 is 0 Å². The molecule has 0 radical (unpaired) electrons. The van der Waals surface area contributed by atoms with Crippen molar-refractivity contribution in [1.82, 2.24) is 4.90 Å². The van der Waals surface area contributed by atoms with Gasteiger partial charge in [-0.25, -0.2) is 9.59 Å². The van der Waals surface area contributed by atoms with E-state index in [-0.39, 0.29) is 35.9 Å². The number of allylic oxidation sites excluding steroid dienone is 4. The first-order chi connectivity index (χ1) is 14.3. The first-order valence-corrected chi connectivity index (χ1v) is 12.5. The normalized spacial score (nSPS) is 27.0. The lowest BCUT2D eigenvalue weighted by Gasteiger charge is -2.25. The summed E-state index contributed by atoms with van der Waals surface area (Å²) in [6, 6.07) is 7.77. The molecule has 30 heavy (non-hydrogen) atoms. The van der Waals surface area contributed by atoms with Crippen LogP contribution in [-0.4, -0.2) is 46.8 Å². The van der Waals surface area contributed by atoms with Crippen LogP contribution in [0.1, 0.15) is 43.7 Å². The van der Waals surface area contributed by atoms with Crippen molar-refractivity contribution >= 4 is 33.7 Å². The summed E-state index contributed by atoms with van der Waals surface area (Å²) in [7, 11) is 3.27. The first-order valence-electron chi connectivity index (χ1n) is 10.2. The largest absolute Gasteiger partial charge is 0.449 e. The number of hydrogen-bond donors (Lipinski definition) is 0. The van der Waals surface area contributed by atoms with Gasteiger partial charge in [0.1, 0.15) is 12.6 Å². The van der Waals surface area contributed by atoms with Gasteiger partial charge in [-0.1, -0.05) is 90.9 Å². The molecule has 1 amide bonds. The lowest BCUT2D eigenvalue weighted by molar-refractivity contribution is -0.138. The summed E-state index contributed by atoms with van der Waals surface area (Å²) in [4.78, 5) is 26.4. The molecule has 0 aromatic heterocycles. The maximum absolute atomic E-state index is 12.8. The maximum atomic E-state index is 12.8. The van der Waals surface area contributed by atoms with Crippen LogP contribution in [0.25, 0.3) is 0 Å². The fourth-order valence-electron chi connectivity index (χ4n) is 4.18. The van der Waals surface area contributed by atoms with Crippen LogP contribution >= 0.6 is 21.6 Å². The first kappa shape index (κ1) is 21.4. The van der Waals surface area contributed by atoms with E-state index < -0.39 is 12.1 Å². The molecule has 4 rings (SSSR count). The molecule has 7 heteroatoms. The molecule has 3 aliphatic rings. The van der Waals surface area contributed by atoms with Gasteiger partial charge in [0.2, 0.25) is 0 Å². The van der Waals surface area contributed by atoms with E-state index in [9.17, 15) is 9.59 Å². The standard InChI is InChI=1S/C23H27NO4S2/c1-23(2,3)30-29-13-20-21(25)28-14-24(20)22(26)27-12-19-17-10-6-4-8-15(17)16-9-5-7-11-18(16)19/h4-11,15,17,19-20H,12-14H2,1-3H3/t15?,17?,19?,20-/m0/s1. The number of cyclic esters (lactones) is 1. The quantitative estimate of drug-likeness (QED) is 0.464. The fourth-order valence-corrected chi connectivity index (χ4v) is 6.70. The molecule has 4 atom stereocenters. The number of hydrogen-bond acceptors (Lipinski definition) is 6. The van der Waals surface area contributed by atoms with Crippen LogP contribution in [0.5, 0.6) is 0 Å². The monoisotopic (exact) mass is 445 g/mol. The predicted octanol–water partition coefficient (Wildman–Crippen LogP) is 5.11. The number of fused-ring (bicyclic) bond motifs is 3. The number of benzene rings is 1. The molecule has 1 aliphatic heterocycles. The van der Waals surface area contributed by atoms with Crippen LogP contribution in [-0.2, 0) is 14.3 Å². The molecule has 1 aromatic rings. The average molecular weight is 446 g/mol. The molecule has 0 spiro atoms. The third kappa shape index (κ3) is 4.42. The van der Waals surface area contributed by atoms with E-state index in [0.717, 1.165) is 0 Å². The minimum absolute atomic E-state index is 0.0426. The second-order valence-electron chi connectivity index (χ2n) is 8.74. The number of esters is 1. The molecule has 1 fully saturated rings. The Balaban J connectivity index is 1.40. The molecule has 5 nitrogen and oxygen atoms in total. The smallest absolute Gasteiger partial charge is 0.413 e. The summed E-state index contributed by atoms with van der Waals surface area (Å²) in [6.07, 6.45) is 8.09. The van der Waals surface area contributed by atoms with Gasteiger partial charge in [0.25, 0.3) is 0 Å². The molecule has 3 unspecified atom stereocenters. The van der Waals surface area contributed by atoms with Gasteiger partial charge < -0.3 is 9.47 Å². The molecule has 0 saturated carbocycles. The number of amides is 1. The number of carbonyl (C=O) groups excluding carboxylic acids is 2. The lowest BCUT2D eigenvalue weighted by Crippen LogP contribution is -2.40. The van der Waals surface area contributed by atoms with Crippen LogP contribution in [0, 0.1) is 5.92 Å². The highest BCUT2D eigenvalue weighted by Crippen LogP contribution is 2.49. The lowest BCUT2D eigenvalue weighted by atomic mass is 9.84. The minimum atomic E-state index is -0.599. The molecule has 0 N–H and O–H groups in total. The van der Waals surface area contributed by atoms with Crippen LogP contribution in [0.15, 0.2) is 48.6 Å². The zero-order valence-corrected chi connectivity index (χ0v) is 19.1. The fraction of sp³-hybridized carbons (Fsp3) is 0.478. The van der Waals surface area contributed by atoms with E-state index in [2.05, 4.69) is 63.3 Å². The highest BCUT2D eigenvalue weighted by atomic mass is 33.1. The van der Waals surface area contributed by atoms with Crippen molar-refractivity contribution < 1.29 is 19.1 Å². The zero-order valence-electron chi connectivity index (χ0n) is 17.4. The maximum Gasteiger partial charge on any atom is 0.413 e. The third-order valence-electron chi connectivity index (χ3n) is 5.55. The van der Waals surface area contributed by atoms with Gasteiger partial charge in [0.05, 0.1) is 0 Å². The van der Waals surface area contributed by atoms with Crippen LogP contribution in [0.3, 0.4) is 0 Å². The Kier molecular flexibility index (Phi) is 6.21. The average Bonchev–Trinajstić information content (AvgIpc) is 3.24. The molecule has 2 aliphatic carbocycles. The number of carbonyl (C=O) groups is 2. The molecule has 1 saturated heterocycles. The second kappa shape index (κ2) is 8.71. The zero-order chi connectivity index (χ0) is 21.3. The number of rotatable bonds is 5. The summed E-state index contributed by atoms with van der Waals surface area (Å²) in [5, 5.41) is 0. The topological polar surface area (TPSA) is 55.8 Å². The molecule has 160 valence electrons. The second-order valence-corrected chi connectivity index (χ2v) is 11.9. The number of nitrogens with zero attached hydrogens (tertiary/aromatic N) is 1. The minimum Gasteiger partial charge on any atom is -0.449 e. The highest BCUT2D eigenvalue weighted by molar-refractivity contribution is 8.77. The number of ether oxygens (including phenoxy) is 2. The van der Waals surface area contributed by atoms with E-state index >= 15 is 0 Å². The Morgan fingerprint density at radius 2 is 1.93 bits per heavy atom. The van der Waals surface area contributed by atoms with Crippen LogP contribution in [0.4, 0.5) is 4.79 Å². The van der Waals surface area contributed by atoms with E-state index in [1.807, 2.05) is 6.07 Å². The summed E-state index contributed by atoms with van der Waals surface area (Å²) in [5.74, 6) is 0.845. The van der Waals surface area contributed by atoms with Crippen molar-refractivity contribution in [3.8, 4) is 0 Å². The summed E-state index contributed by atoms with van der Waals surface area (Å²) < 4.78 is 10.9. The van der Waals surface area contributed by atoms with Gasteiger partial charge in [-0.05, 0) is 17.0 Å². The van der Waals surface area contributed by atoms with Crippen LogP contribution in [0.2, 0.25) is 0 Å². The van der Waals surface area contributed by atoms with Crippen molar-refractivity contribution in [2.24, 2.45) is 5.92 Å². The summed E-state index contributed by atoms with van der Waals surface area (Å²) >= 11 is 0. The summed E-state index contributed by atoms with van der Waals surface area (Å²) in [5.41, 5.74) is 2.54. The predicted molar refractivity (Wildman–Crippen MR) is 121 cm³/mol. The Labute approximate surface area is 185 Å². The van der Waals surface area contributed by atoms with Gasteiger partial charge in [-0.3, -0.25) is 4.90 Å². The molecular weight excluding hydrogens is 418 g/mol. The molecule has 0 bridgehead atoms. The van der Waals surface area contributed by atoms with Crippen molar-refractivity contribution in [2.75, 3.05) is 19.1 Å². The SMILES string of the molecule is CC(C)(C)SSC[C@H]1C(=O)OCN1C(=O)OCC1c2ccccc2C2C=CC=CC21. The molecule has 1 aromatic carbocycles. The van der Waals surface area contributed by atoms with Crippen molar-refractivity contribution in [3.05, 3.63) is 59.7 Å². The Bertz CT molecular complexity index is 876. The Morgan fingerprint density at radius 3 is 2.70 bits per heavy atom. The third-order valence-corrected chi connectivity index (χ3v) is 8.88. The Hall–Kier alpha value is -1.86. The van der Waals surface area contributed by atoms with Gasteiger partial charge in [0, 0.05) is 22.3 Å². The highest BCUT2D eigenvalue weighted by Gasteiger charge is 2.42. The van der Waals surface area contributed by atoms with Crippen molar-refractivity contribution in [2.45, 2.75) is 43.4 Å². The van der Waals surface area contributed by atoms with E-state index in [1.54, 1.807) is 21.6 Å². The van der Waals surface area contributed by atoms with Gasteiger partial charge in [-0.15, -0.1) is 0 Å². The van der Waals surface area contributed by atoms with E-state index in [1.165, 1.54) is 16.0 Å². The van der Waals surface area contributed by atoms with Crippen molar-refractivity contribution in [1.29, 1.82) is 0 Å². The van der Waals surface area contributed by atoms with E-state index in [4.69, 9.17) is 9.47 Å².